The highest BCUT2D eigenvalue weighted by Crippen LogP contribution is 2.26. The van der Waals surface area contributed by atoms with Crippen LogP contribution in [0.2, 0.25) is 0 Å². The van der Waals surface area contributed by atoms with E-state index in [2.05, 4.69) is 16.2 Å². The summed E-state index contributed by atoms with van der Waals surface area (Å²) < 4.78 is 4.82. The Balaban J connectivity index is 2.33. The normalized spacial score (nSPS) is 10.9. The van der Waals surface area contributed by atoms with E-state index in [0.717, 1.165) is 16.8 Å². The highest BCUT2D eigenvalue weighted by molar-refractivity contribution is 5.94. The Morgan fingerprint density at radius 1 is 1.14 bits per heavy atom. The van der Waals surface area contributed by atoms with Gasteiger partial charge in [-0.3, -0.25) is 0 Å². The second-order valence-corrected chi connectivity index (χ2v) is 3.13. The molecule has 0 atom stereocenters. The van der Waals surface area contributed by atoms with E-state index >= 15 is 0 Å². The van der Waals surface area contributed by atoms with E-state index in [-0.39, 0.29) is 0 Å². The van der Waals surface area contributed by atoms with Gasteiger partial charge in [0.15, 0.2) is 0 Å². The topological polar surface area (TPSA) is 41.8 Å². The summed E-state index contributed by atoms with van der Waals surface area (Å²) in [5.74, 6) is 0. The monoisotopic (exact) mass is 184 g/mol. The van der Waals surface area contributed by atoms with Crippen molar-refractivity contribution in [2.24, 2.45) is 0 Å². The molecular weight excluding hydrogens is 176 g/mol. The summed E-state index contributed by atoms with van der Waals surface area (Å²) in [6.07, 6.45) is 3.53. The van der Waals surface area contributed by atoms with E-state index in [1.54, 1.807) is 6.26 Å². The summed E-state index contributed by atoms with van der Waals surface area (Å²) in [7, 11) is 0. The standard InChI is InChI=1S/C11H8N2O/c1-2-4-10-8(3-1)9(7-12-10)11-5-6-14-13-11/h1-7,12H. The van der Waals surface area contributed by atoms with Gasteiger partial charge in [0, 0.05) is 28.7 Å². The molecule has 0 amide bonds. The summed E-state index contributed by atoms with van der Waals surface area (Å²) in [4.78, 5) is 3.19. The highest BCUT2D eigenvalue weighted by Gasteiger charge is 2.06. The first kappa shape index (κ1) is 7.38. The van der Waals surface area contributed by atoms with Crippen molar-refractivity contribution in [2.45, 2.75) is 0 Å². The van der Waals surface area contributed by atoms with Gasteiger partial charge >= 0.3 is 0 Å². The molecule has 3 nitrogen and oxygen atoms in total. The maximum atomic E-state index is 4.82. The van der Waals surface area contributed by atoms with Gasteiger partial charge in [0.1, 0.15) is 12.0 Å². The molecule has 0 aliphatic carbocycles. The third kappa shape index (κ3) is 0.956. The van der Waals surface area contributed by atoms with Crippen molar-refractivity contribution in [1.82, 2.24) is 10.1 Å². The summed E-state index contributed by atoms with van der Waals surface area (Å²) in [6.45, 7) is 0. The fraction of sp³-hybridized carbons (Fsp3) is 0. The zero-order chi connectivity index (χ0) is 9.38. The van der Waals surface area contributed by atoms with E-state index < -0.39 is 0 Å². The second kappa shape index (κ2) is 2.73. The molecule has 14 heavy (non-hydrogen) atoms. The number of hydrogen-bond acceptors (Lipinski definition) is 2. The Bertz CT molecular complexity index is 551. The molecule has 1 N–H and O–H groups in total. The minimum atomic E-state index is 0.863. The molecule has 0 spiro atoms. The lowest BCUT2D eigenvalue weighted by molar-refractivity contribution is 0.422. The molecule has 3 rings (SSSR count). The average molecular weight is 184 g/mol. The zero-order valence-electron chi connectivity index (χ0n) is 7.40. The van der Waals surface area contributed by atoms with Gasteiger partial charge in [0.05, 0.1) is 0 Å². The lowest BCUT2D eigenvalue weighted by Gasteiger charge is -1.91. The van der Waals surface area contributed by atoms with Crippen LogP contribution in [0.5, 0.6) is 0 Å². The van der Waals surface area contributed by atoms with Crippen LogP contribution in [-0.4, -0.2) is 10.1 Å². The van der Waals surface area contributed by atoms with Gasteiger partial charge in [0.25, 0.3) is 0 Å². The Labute approximate surface area is 80.3 Å². The molecular formula is C11H8N2O. The number of benzene rings is 1. The van der Waals surface area contributed by atoms with E-state index in [9.17, 15) is 0 Å². The van der Waals surface area contributed by atoms with Crippen LogP contribution >= 0.6 is 0 Å². The van der Waals surface area contributed by atoms with Crippen LogP contribution in [-0.2, 0) is 0 Å². The van der Waals surface area contributed by atoms with Crippen molar-refractivity contribution in [3.63, 3.8) is 0 Å². The van der Waals surface area contributed by atoms with E-state index in [1.807, 2.05) is 30.5 Å². The van der Waals surface area contributed by atoms with Crippen LogP contribution in [0.3, 0.4) is 0 Å². The van der Waals surface area contributed by atoms with Crippen molar-refractivity contribution in [1.29, 1.82) is 0 Å². The maximum absolute atomic E-state index is 4.82. The predicted molar refractivity (Wildman–Crippen MR) is 53.8 cm³/mol. The molecule has 0 radical (unpaired) electrons. The van der Waals surface area contributed by atoms with Gasteiger partial charge in [-0.05, 0) is 6.07 Å². The molecule has 2 heterocycles. The highest BCUT2D eigenvalue weighted by atomic mass is 16.5. The molecule has 3 aromatic rings. The Hall–Kier alpha value is -2.03. The number of nitrogens with one attached hydrogen (secondary N) is 1. The number of hydrogen-bond donors (Lipinski definition) is 1. The fourth-order valence-corrected chi connectivity index (χ4v) is 1.63. The van der Waals surface area contributed by atoms with Gasteiger partial charge in [0.2, 0.25) is 0 Å². The van der Waals surface area contributed by atoms with Crippen molar-refractivity contribution < 1.29 is 4.52 Å². The molecule has 0 saturated heterocycles. The molecule has 3 heteroatoms. The van der Waals surface area contributed by atoms with Crippen LogP contribution in [0, 0.1) is 0 Å². The average Bonchev–Trinajstić information content (AvgIpc) is 2.85. The van der Waals surface area contributed by atoms with Gasteiger partial charge in [-0.1, -0.05) is 23.4 Å². The lowest BCUT2D eigenvalue weighted by atomic mass is 10.1. The molecule has 0 fully saturated rings. The number of fused-ring (bicyclic) bond motifs is 1. The Morgan fingerprint density at radius 3 is 2.93 bits per heavy atom. The predicted octanol–water partition coefficient (Wildman–Crippen LogP) is 2.82. The van der Waals surface area contributed by atoms with Gasteiger partial charge in [-0.2, -0.15) is 0 Å². The molecule has 0 saturated carbocycles. The summed E-state index contributed by atoms with van der Waals surface area (Å²) >= 11 is 0. The van der Waals surface area contributed by atoms with Gasteiger partial charge in [-0.25, -0.2) is 0 Å². The van der Waals surface area contributed by atoms with Crippen molar-refractivity contribution >= 4 is 10.9 Å². The van der Waals surface area contributed by atoms with Gasteiger partial charge < -0.3 is 9.51 Å². The Morgan fingerprint density at radius 2 is 2.07 bits per heavy atom. The molecule has 68 valence electrons. The maximum Gasteiger partial charge on any atom is 0.124 e. The molecule has 0 aliphatic heterocycles. The number of para-hydroxylation sites is 1. The first-order valence-corrected chi connectivity index (χ1v) is 4.42. The number of aromatic nitrogens is 2. The third-order valence-electron chi connectivity index (χ3n) is 2.30. The summed E-state index contributed by atoms with van der Waals surface area (Å²) in [6, 6.07) is 9.98. The van der Waals surface area contributed by atoms with E-state index in [0.29, 0.717) is 0 Å². The fourth-order valence-electron chi connectivity index (χ4n) is 1.63. The number of aromatic amines is 1. The van der Waals surface area contributed by atoms with Crippen molar-refractivity contribution in [2.75, 3.05) is 0 Å². The minimum Gasteiger partial charge on any atom is -0.364 e. The molecule has 0 bridgehead atoms. The van der Waals surface area contributed by atoms with Crippen molar-refractivity contribution in [3.05, 3.63) is 42.8 Å². The molecule has 2 aromatic heterocycles. The first-order valence-electron chi connectivity index (χ1n) is 4.42. The zero-order valence-corrected chi connectivity index (χ0v) is 7.40. The van der Waals surface area contributed by atoms with Crippen LogP contribution in [0.4, 0.5) is 0 Å². The molecule has 0 unspecified atom stereocenters. The number of nitrogens with zero attached hydrogens (tertiary/aromatic N) is 1. The molecule has 0 aliphatic rings. The number of rotatable bonds is 1. The smallest absolute Gasteiger partial charge is 0.124 e. The molecule has 1 aromatic carbocycles. The van der Waals surface area contributed by atoms with Crippen LogP contribution in [0.1, 0.15) is 0 Å². The Kier molecular flexibility index (Phi) is 1.44. The quantitative estimate of drug-likeness (QED) is 0.631. The van der Waals surface area contributed by atoms with Crippen LogP contribution < -0.4 is 0 Å². The summed E-state index contributed by atoms with van der Waals surface area (Å²) in [5.41, 5.74) is 3.06. The largest absolute Gasteiger partial charge is 0.364 e. The first-order chi connectivity index (χ1) is 6.95. The minimum absolute atomic E-state index is 0.863. The van der Waals surface area contributed by atoms with Crippen molar-refractivity contribution in [3.8, 4) is 11.3 Å². The van der Waals surface area contributed by atoms with Crippen LogP contribution in [0.15, 0.2) is 47.3 Å². The third-order valence-corrected chi connectivity index (χ3v) is 2.30. The SMILES string of the molecule is c1ccc2c(-c3ccon3)c[nH]c2c1. The van der Waals surface area contributed by atoms with E-state index in [4.69, 9.17) is 4.52 Å². The number of H-pyrrole nitrogens is 1. The van der Waals surface area contributed by atoms with E-state index in [1.165, 1.54) is 5.39 Å². The van der Waals surface area contributed by atoms with Crippen LogP contribution in [0.25, 0.3) is 22.2 Å². The second-order valence-electron chi connectivity index (χ2n) is 3.13. The lowest BCUT2D eigenvalue weighted by Crippen LogP contribution is -1.72. The summed E-state index contributed by atoms with van der Waals surface area (Å²) in [5, 5.41) is 5.08. The van der Waals surface area contributed by atoms with Gasteiger partial charge in [-0.15, -0.1) is 0 Å².